The third-order valence-electron chi connectivity index (χ3n) is 2.70. The highest BCUT2D eigenvalue weighted by atomic mass is 19.1. The number of rotatable bonds is 3. The number of benzene rings is 1. The molecule has 0 heterocycles. The van der Waals surface area contributed by atoms with Crippen LogP contribution in [0.3, 0.4) is 0 Å². The van der Waals surface area contributed by atoms with E-state index in [-0.39, 0.29) is 11.2 Å². The summed E-state index contributed by atoms with van der Waals surface area (Å²) in [5, 5.41) is 9.44. The second-order valence-corrected chi connectivity index (χ2v) is 5.59. The van der Waals surface area contributed by atoms with Gasteiger partial charge in [0.1, 0.15) is 5.82 Å². The van der Waals surface area contributed by atoms with Crippen molar-refractivity contribution in [3.8, 4) is 0 Å². The average molecular weight is 222 g/mol. The third-order valence-corrected chi connectivity index (χ3v) is 2.70. The number of hydrogen-bond acceptors (Lipinski definition) is 1. The standard InChI is InChI=1S/C13H20BFO/c1-13(2,3)8-7-10-9-11(14(4)16)5-6-12(10)15/h5-6,9,16H,7-8H2,1-4H3. The summed E-state index contributed by atoms with van der Waals surface area (Å²) in [5.41, 5.74) is 1.69. The summed E-state index contributed by atoms with van der Waals surface area (Å²) in [6.07, 6.45) is 1.66. The van der Waals surface area contributed by atoms with Gasteiger partial charge in [-0.05, 0) is 35.3 Å². The van der Waals surface area contributed by atoms with Crippen molar-refractivity contribution in [1.29, 1.82) is 0 Å². The molecule has 0 aliphatic heterocycles. The van der Waals surface area contributed by atoms with Crippen LogP contribution in [0.25, 0.3) is 0 Å². The first-order valence-corrected chi connectivity index (χ1v) is 5.76. The molecule has 0 bridgehead atoms. The Morgan fingerprint density at radius 1 is 1.31 bits per heavy atom. The van der Waals surface area contributed by atoms with Crippen LogP contribution >= 0.6 is 0 Å². The Morgan fingerprint density at radius 2 is 1.94 bits per heavy atom. The van der Waals surface area contributed by atoms with Gasteiger partial charge in [-0.25, -0.2) is 4.39 Å². The van der Waals surface area contributed by atoms with Crippen molar-refractivity contribution < 1.29 is 9.41 Å². The Kier molecular flexibility index (Phi) is 4.14. The van der Waals surface area contributed by atoms with Crippen LogP contribution < -0.4 is 5.46 Å². The van der Waals surface area contributed by atoms with Crippen LogP contribution in [-0.4, -0.2) is 11.9 Å². The molecule has 0 aromatic heterocycles. The summed E-state index contributed by atoms with van der Waals surface area (Å²) in [6, 6.07) is 4.85. The van der Waals surface area contributed by atoms with Crippen molar-refractivity contribution in [3.05, 3.63) is 29.6 Å². The number of halogens is 1. The normalized spacial score (nSPS) is 11.6. The average Bonchev–Trinajstić information content (AvgIpc) is 2.14. The van der Waals surface area contributed by atoms with E-state index in [9.17, 15) is 9.41 Å². The molecule has 1 N–H and O–H groups in total. The van der Waals surface area contributed by atoms with E-state index in [0.717, 1.165) is 18.3 Å². The molecule has 1 aromatic carbocycles. The fraction of sp³-hybridized carbons (Fsp3) is 0.538. The van der Waals surface area contributed by atoms with E-state index < -0.39 is 6.92 Å². The van der Waals surface area contributed by atoms with Crippen LogP contribution in [0, 0.1) is 11.2 Å². The minimum atomic E-state index is -0.533. The van der Waals surface area contributed by atoms with Gasteiger partial charge in [-0.15, -0.1) is 0 Å². The second kappa shape index (κ2) is 5.00. The van der Waals surface area contributed by atoms with Gasteiger partial charge in [-0.3, -0.25) is 0 Å². The van der Waals surface area contributed by atoms with Crippen LogP contribution in [0.1, 0.15) is 32.8 Å². The predicted octanol–water partition coefficient (Wildman–Crippen LogP) is 2.63. The zero-order valence-corrected chi connectivity index (χ0v) is 10.5. The molecule has 0 aliphatic rings. The Hall–Kier alpha value is -0.825. The summed E-state index contributed by atoms with van der Waals surface area (Å²) >= 11 is 0. The SMILES string of the molecule is CB(O)c1ccc(F)c(CCC(C)(C)C)c1. The topological polar surface area (TPSA) is 20.2 Å². The summed E-state index contributed by atoms with van der Waals surface area (Å²) in [6.45, 7) is 7.59. The lowest BCUT2D eigenvalue weighted by atomic mass is 9.64. The highest BCUT2D eigenvalue weighted by Gasteiger charge is 2.14. The van der Waals surface area contributed by atoms with E-state index in [1.807, 2.05) is 0 Å². The van der Waals surface area contributed by atoms with Crippen molar-refractivity contribution in [1.82, 2.24) is 0 Å². The van der Waals surface area contributed by atoms with Crippen LogP contribution in [0.2, 0.25) is 6.82 Å². The van der Waals surface area contributed by atoms with E-state index in [4.69, 9.17) is 0 Å². The lowest BCUT2D eigenvalue weighted by Crippen LogP contribution is -2.26. The molecule has 1 rings (SSSR count). The molecule has 16 heavy (non-hydrogen) atoms. The van der Waals surface area contributed by atoms with Crippen molar-refractivity contribution >= 4 is 12.4 Å². The van der Waals surface area contributed by atoms with Gasteiger partial charge in [-0.1, -0.05) is 39.7 Å². The van der Waals surface area contributed by atoms with Gasteiger partial charge in [0.25, 0.3) is 0 Å². The Bertz CT molecular complexity index is 355. The van der Waals surface area contributed by atoms with Gasteiger partial charge >= 0.3 is 6.92 Å². The maximum Gasteiger partial charge on any atom is 0.320 e. The highest BCUT2D eigenvalue weighted by molar-refractivity contribution is 6.64. The zero-order valence-electron chi connectivity index (χ0n) is 10.5. The molecule has 0 atom stereocenters. The highest BCUT2D eigenvalue weighted by Crippen LogP contribution is 2.22. The first-order chi connectivity index (χ1) is 7.29. The molecular weight excluding hydrogens is 202 g/mol. The summed E-state index contributed by atoms with van der Waals surface area (Å²) in [4.78, 5) is 0. The van der Waals surface area contributed by atoms with Crippen LogP contribution in [0.4, 0.5) is 4.39 Å². The van der Waals surface area contributed by atoms with Crippen LogP contribution in [-0.2, 0) is 6.42 Å². The quantitative estimate of drug-likeness (QED) is 0.779. The fourth-order valence-electron chi connectivity index (χ4n) is 1.56. The Balaban J connectivity index is 2.82. The van der Waals surface area contributed by atoms with Gasteiger partial charge < -0.3 is 5.02 Å². The predicted molar refractivity (Wildman–Crippen MR) is 67.6 cm³/mol. The van der Waals surface area contributed by atoms with E-state index in [0.29, 0.717) is 5.56 Å². The van der Waals surface area contributed by atoms with Crippen LogP contribution in [0.5, 0.6) is 0 Å². The first-order valence-electron chi connectivity index (χ1n) is 5.76. The van der Waals surface area contributed by atoms with E-state index in [1.54, 1.807) is 19.0 Å². The molecule has 0 saturated heterocycles. The lowest BCUT2D eigenvalue weighted by molar-refractivity contribution is 0.375. The molecule has 0 spiro atoms. The van der Waals surface area contributed by atoms with Gasteiger partial charge in [0.15, 0.2) is 0 Å². The molecule has 0 fully saturated rings. The zero-order chi connectivity index (χ0) is 12.3. The molecule has 1 aromatic rings. The third kappa shape index (κ3) is 3.97. The minimum Gasteiger partial charge on any atom is -0.447 e. The van der Waals surface area contributed by atoms with Crippen molar-refractivity contribution in [3.63, 3.8) is 0 Å². The monoisotopic (exact) mass is 222 g/mol. The molecule has 0 aliphatic carbocycles. The van der Waals surface area contributed by atoms with Gasteiger partial charge in [0.05, 0.1) is 0 Å². The van der Waals surface area contributed by atoms with E-state index >= 15 is 0 Å². The smallest absolute Gasteiger partial charge is 0.320 e. The molecule has 0 radical (unpaired) electrons. The summed E-state index contributed by atoms with van der Waals surface area (Å²) < 4.78 is 13.5. The molecule has 0 saturated carbocycles. The van der Waals surface area contributed by atoms with Crippen molar-refractivity contribution in [2.24, 2.45) is 5.41 Å². The Labute approximate surface area is 97.8 Å². The summed E-state index contributed by atoms with van der Waals surface area (Å²) in [5.74, 6) is -0.173. The maximum absolute atomic E-state index is 13.5. The van der Waals surface area contributed by atoms with Gasteiger partial charge in [0, 0.05) is 0 Å². The van der Waals surface area contributed by atoms with Gasteiger partial charge in [-0.2, -0.15) is 0 Å². The first kappa shape index (κ1) is 13.2. The number of hydrogen-bond donors (Lipinski definition) is 1. The maximum atomic E-state index is 13.5. The molecular formula is C13H20BFO. The molecule has 1 nitrogen and oxygen atoms in total. The summed E-state index contributed by atoms with van der Waals surface area (Å²) in [7, 11) is 0. The molecule has 88 valence electrons. The van der Waals surface area contributed by atoms with Crippen molar-refractivity contribution in [2.75, 3.05) is 0 Å². The molecule has 0 amide bonds. The van der Waals surface area contributed by atoms with Crippen molar-refractivity contribution in [2.45, 2.75) is 40.4 Å². The second-order valence-electron chi connectivity index (χ2n) is 5.59. The van der Waals surface area contributed by atoms with E-state index in [2.05, 4.69) is 20.8 Å². The Morgan fingerprint density at radius 3 is 2.44 bits per heavy atom. The van der Waals surface area contributed by atoms with Gasteiger partial charge in [0.2, 0.25) is 0 Å². The lowest BCUT2D eigenvalue weighted by Gasteiger charge is -2.18. The number of aryl methyl sites for hydroxylation is 1. The fourth-order valence-corrected chi connectivity index (χ4v) is 1.56. The van der Waals surface area contributed by atoms with Crippen LogP contribution in [0.15, 0.2) is 18.2 Å². The largest absolute Gasteiger partial charge is 0.447 e. The molecule has 3 heteroatoms. The molecule has 0 unspecified atom stereocenters. The van der Waals surface area contributed by atoms with E-state index in [1.165, 1.54) is 6.07 Å². The minimum absolute atomic E-state index is 0.173.